The van der Waals surface area contributed by atoms with Gasteiger partial charge in [0.25, 0.3) is 0 Å². The fourth-order valence-corrected chi connectivity index (χ4v) is 2.89. The van der Waals surface area contributed by atoms with Crippen LogP contribution in [0, 0.1) is 6.92 Å². The van der Waals surface area contributed by atoms with Crippen LogP contribution in [0.3, 0.4) is 0 Å². The quantitative estimate of drug-likeness (QED) is 0.833. The van der Waals surface area contributed by atoms with Gasteiger partial charge in [-0.15, -0.1) is 5.10 Å². The third-order valence-corrected chi connectivity index (χ3v) is 3.41. The number of rotatable bonds is 3. The molecule has 0 saturated carbocycles. The molecule has 18 heavy (non-hydrogen) atoms. The zero-order valence-corrected chi connectivity index (χ0v) is 11.4. The van der Waals surface area contributed by atoms with E-state index in [9.17, 15) is 4.79 Å². The maximum Gasteiger partial charge on any atom is 0.344 e. The molecule has 0 unspecified atom stereocenters. The van der Waals surface area contributed by atoms with Gasteiger partial charge in [0.15, 0.2) is 5.16 Å². The fourth-order valence-electron chi connectivity index (χ4n) is 1.76. The summed E-state index contributed by atoms with van der Waals surface area (Å²) in [4.78, 5) is 12.6. The lowest BCUT2D eigenvalue weighted by Crippen LogP contribution is -2.19. The zero-order chi connectivity index (χ0) is 13.3. The highest BCUT2D eigenvalue weighted by molar-refractivity contribution is 7.99. The lowest BCUT2D eigenvalue weighted by atomic mass is 10.2. The Morgan fingerprint density at radius 1 is 1.39 bits per heavy atom. The molecule has 0 aliphatic heterocycles. The SMILES string of the molecule is Cc1cc(N)cc(Sc2n[nH]c(=O)n2C(C)C)c1. The van der Waals surface area contributed by atoms with E-state index < -0.39 is 0 Å². The highest BCUT2D eigenvalue weighted by Crippen LogP contribution is 2.28. The van der Waals surface area contributed by atoms with Gasteiger partial charge in [0.2, 0.25) is 0 Å². The fraction of sp³-hybridized carbons (Fsp3) is 0.333. The second-order valence-corrected chi connectivity index (χ2v) is 5.50. The monoisotopic (exact) mass is 264 g/mol. The van der Waals surface area contributed by atoms with Gasteiger partial charge in [-0.25, -0.2) is 9.89 Å². The van der Waals surface area contributed by atoms with Crippen LogP contribution in [-0.2, 0) is 0 Å². The molecule has 0 aliphatic rings. The lowest BCUT2D eigenvalue weighted by molar-refractivity contribution is 0.534. The van der Waals surface area contributed by atoms with Gasteiger partial charge in [-0.05, 0) is 56.3 Å². The summed E-state index contributed by atoms with van der Waals surface area (Å²) in [5.41, 5.74) is 7.42. The van der Waals surface area contributed by atoms with Gasteiger partial charge in [0.1, 0.15) is 0 Å². The molecule has 6 heteroatoms. The third kappa shape index (κ3) is 2.59. The minimum atomic E-state index is -0.187. The first-order valence-electron chi connectivity index (χ1n) is 5.69. The molecule has 3 N–H and O–H groups in total. The highest BCUT2D eigenvalue weighted by Gasteiger charge is 2.12. The molecule has 0 radical (unpaired) electrons. The standard InChI is InChI=1S/C12H16N4OS/c1-7(2)16-11(17)14-15-12(16)18-10-5-8(3)4-9(13)6-10/h4-7H,13H2,1-3H3,(H,14,17). The van der Waals surface area contributed by atoms with Crippen molar-refractivity contribution in [1.82, 2.24) is 14.8 Å². The Morgan fingerprint density at radius 3 is 2.72 bits per heavy atom. The van der Waals surface area contributed by atoms with E-state index >= 15 is 0 Å². The molecule has 0 atom stereocenters. The van der Waals surface area contributed by atoms with Crippen molar-refractivity contribution >= 4 is 17.4 Å². The number of benzene rings is 1. The molecule has 1 aromatic heterocycles. The Labute approximate surface area is 109 Å². The minimum absolute atomic E-state index is 0.0703. The van der Waals surface area contributed by atoms with Crippen LogP contribution in [-0.4, -0.2) is 14.8 Å². The van der Waals surface area contributed by atoms with Crippen molar-refractivity contribution in [2.45, 2.75) is 36.9 Å². The van der Waals surface area contributed by atoms with Crippen molar-refractivity contribution in [1.29, 1.82) is 0 Å². The van der Waals surface area contributed by atoms with Gasteiger partial charge in [-0.2, -0.15) is 0 Å². The summed E-state index contributed by atoms with van der Waals surface area (Å²) < 4.78 is 1.63. The van der Waals surface area contributed by atoms with Crippen molar-refractivity contribution < 1.29 is 0 Å². The molecule has 0 spiro atoms. The number of nitrogens with two attached hydrogens (primary N) is 1. The molecule has 1 aromatic carbocycles. The molecule has 96 valence electrons. The van der Waals surface area contributed by atoms with Crippen molar-refractivity contribution in [3.8, 4) is 0 Å². The van der Waals surface area contributed by atoms with E-state index in [1.54, 1.807) is 4.57 Å². The molecular formula is C12H16N4OS. The third-order valence-electron chi connectivity index (χ3n) is 2.47. The first-order chi connectivity index (χ1) is 8.47. The van der Waals surface area contributed by atoms with Crippen LogP contribution >= 0.6 is 11.8 Å². The predicted molar refractivity (Wildman–Crippen MR) is 72.9 cm³/mol. The molecule has 0 saturated heterocycles. The van der Waals surface area contributed by atoms with Crippen molar-refractivity contribution in [2.24, 2.45) is 0 Å². The van der Waals surface area contributed by atoms with Crippen molar-refractivity contribution in [2.75, 3.05) is 5.73 Å². The Hall–Kier alpha value is -1.69. The smallest absolute Gasteiger partial charge is 0.344 e. The van der Waals surface area contributed by atoms with Gasteiger partial charge in [-0.1, -0.05) is 0 Å². The molecule has 2 rings (SSSR count). The van der Waals surface area contributed by atoms with Crippen LogP contribution in [0.25, 0.3) is 0 Å². The second kappa shape index (κ2) is 4.89. The number of hydrogen-bond donors (Lipinski definition) is 2. The number of anilines is 1. The Bertz CT molecular complexity index is 595. The van der Waals surface area contributed by atoms with Crippen LogP contribution in [0.1, 0.15) is 25.5 Å². The Kier molecular flexibility index (Phi) is 3.47. The first-order valence-corrected chi connectivity index (χ1v) is 6.51. The maximum absolute atomic E-state index is 11.6. The van der Waals surface area contributed by atoms with E-state index in [0.717, 1.165) is 10.5 Å². The average Bonchev–Trinajstić information content (AvgIpc) is 2.57. The number of aryl methyl sites for hydroxylation is 1. The van der Waals surface area contributed by atoms with Gasteiger partial charge >= 0.3 is 5.69 Å². The second-order valence-electron chi connectivity index (χ2n) is 4.46. The van der Waals surface area contributed by atoms with Crippen LogP contribution < -0.4 is 11.4 Å². The largest absolute Gasteiger partial charge is 0.399 e. The number of H-pyrrole nitrogens is 1. The number of aromatic amines is 1. The van der Waals surface area contributed by atoms with E-state index in [1.807, 2.05) is 39.0 Å². The van der Waals surface area contributed by atoms with E-state index in [-0.39, 0.29) is 11.7 Å². The van der Waals surface area contributed by atoms with E-state index in [2.05, 4.69) is 10.2 Å². The molecule has 2 aromatic rings. The van der Waals surface area contributed by atoms with Gasteiger partial charge in [0.05, 0.1) is 0 Å². The molecule has 0 aliphatic carbocycles. The summed E-state index contributed by atoms with van der Waals surface area (Å²) in [6.07, 6.45) is 0. The number of nitrogens with zero attached hydrogens (tertiary/aromatic N) is 2. The zero-order valence-electron chi connectivity index (χ0n) is 10.6. The Morgan fingerprint density at radius 2 is 2.11 bits per heavy atom. The van der Waals surface area contributed by atoms with Crippen LogP contribution in [0.5, 0.6) is 0 Å². The first kappa shape index (κ1) is 12.8. The van der Waals surface area contributed by atoms with Crippen molar-refractivity contribution in [3.63, 3.8) is 0 Å². The molecular weight excluding hydrogens is 248 g/mol. The molecule has 0 amide bonds. The van der Waals surface area contributed by atoms with Gasteiger partial charge in [-0.3, -0.25) is 4.57 Å². The number of nitrogen functional groups attached to an aromatic ring is 1. The molecule has 5 nitrogen and oxygen atoms in total. The highest BCUT2D eigenvalue weighted by atomic mass is 32.2. The predicted octanol–water partition coefficient (Wildman–Crippen LogP) is 2.19. The van der Waals surface area contributed by atoms with Crippen LogP contribution in [0.15, 0.2) is 33.0 Å². The summed E-state index contributed by atoms with van der Waals surface area (Å²) in [5, 5.41) is 7.17. The van der Waals surface area contributed by atoms with E-state index in [1.165, 1.54) is 11.8 Å². The molecule has 0 fully saturated rings. The normalized spacial score (nSPS) is 11.1. The summed E-state index contributed by atoms with van der Waals surface area (Å²) in [7, 11) is 0. The minimum Gasteiger partial charge on any atom is -0.399 e. The van der Waals surface area contributed by atoms with E-state index in [0.29, 0.717) is 10.8 Å². The van der Waals surface area contributed by atoms with Crippen LogP contribution in [0.4, 0.5) is 5.69 Å². The molecule has 1 heterocycles. The van der Waals surface area contributed by atoms with Crippen LogP contribution in [0.2, 0.25) is 0 Å². The summed E-state index contributed by atoms with van der Waals surface area (Å²) in [5.74, 6) is 0. The number of nitrogens with one attached hydrogen (secondary N) is 1. The number of hydrogen-bond acceptors (Lipinski definition) is 4. The molecule has 0 bridgehead atoms. The van der Waals surface area contributed by atoms with Gasteiger partial charge in [0, 0.05) is 16.6 Å². The number of aromatic nitrogens is 3. The summed E-state index contributed by atoms with van der Waals surface area (Å²) in [6.45, 7) is 5.89. The maximum atomic E-state index is 11.6. The summed E-state index contributed by atoms with van der Waals surface area (Å²) in [6, 6.07) is 5.87. The lowest BCUT2D eigenvalue weighted by Gasteiger charge is -2.09. The van der Waals surface area contributed by atoms with Gasteiger partial charge < -0.3 is 5.73 Å². The average molecular weight is 264 g/mol. The van der Waals surface area contributed by atoms with E-state index in [4.69, 9.17) is 5.73 Å². The van der Waals surface area contributed by atoms with Crippen molar-refractivity contribution in [3.05, 3.63) is 34.2 Å². The Balaban J connectivity index is 2.37. The topological polar surface area (TPSA) is 76.7 Å². The summed E-state index contributed by atoms with van der Waals surface area (Å²) >= 11 is 1.43.